The second-order valence-corrected chi connectivity index (χ2v) is 3.84. The van der Waals surface area contributed by atoms with Crippen molar-refractivity contribution in [2.75, 3.05) is 0 Å². The lowest BCUT2D eigenvalue weighted by Gasteiger charge is -2.01. The molecular weight excluding hydrogens is 174 g/mol. The molecule has 0 spiro atoms. The highest BCUT2D eigenvalue weighted by molar-refractivity contribution is 5.84. The number of hydrogen-bond acceptors (Lipinski definition) is 2. The van der Waals surface area contributed by atoms with Gasteiger partial charge in [0.2, 0.25) is 0 Å². The number of nitrogens with two attached hydrogens (primary N) is 1. The van der Waals surface area contributed by atoms with Crippen molar-refractivity contribution in [1.29, 1.82) is 0 Å². The molecule has 2 rings (SSSR count). The van der Waals surface area contributed by atoms with Crippen molar-refractivity contribution in [1.82, 2.24) is 0 Å². The first-order valence-electron chi connectivity index (χ1n) is 4.93. The summed E-state index contributed by atoms with van der Waals surface area (Å²) in [6.07, 6.45) is 1.84. The zero-order chi connectivity index (χ0) is 10.1. The molecule has 2 aromatic rings. The Labute approximate surface area is 83.7 Å². The molecule has 0 radical (unpaired) electrons. The van der Waals surface area contributed by atoms with Gasteiger partial charge in [0.15, 0.2) is 0 Å². The predicted octanol–water partition coefficient (Wildman–Crippen LogP) is 3.01. The molecule has 74 valence electrons. The quantitative estimate of drug-likeness (QED) is 0.788. The zero-order valence-electron chi connectivity index (χ0n) is 8.58. The third-order valence-electron chi connectivity index (χ3n) is 2.55. The van der Waals surface area contributed by atoms with Crippen LogP contribution in [-0.4, -0.2) is 0 Å². The standard InChI is InChI=1S/C12H15NO/c1-8(2)11-7-14-12-9(6-13)4-3-5-10(11)12/h3-5,7-8H,6,13H2,1-2H3. The number of fused-ring (bicyclic) bond motifs is 1. The third-order valence-corrected chi connectivity index (χ3v) is 2.55. The number of para-hydroxylation sites is 1. The smallest absolute Gasteiger partial charge is 0.138 e. The van der Waals surface area contributed by atoms with Crippen LogP contribution < -0.4 is 5.73 Å². The fourth-order valence-corrected chi connectivity index (χ4v) is 1.75. The molecule has 1 heterocycles. The largest absolute Gasteiger partial charge is 0.464 e. The molecule has 1 aromatic carbocycles. The van der Waals surface area contributed by atoms with E-state index < -0.39 is 0 Å². The van der Waals surface area contributed by atoms with E-state index in [1.165, 1.54) is 10.9 Å². The number of furan rings is 1. The molecule has 0 bridgehead atoms. The van der Waals surface area contributed by atoms with Crippen LogP contribution in [0.5, 0.6) is 0 Å². The van der Waals surface area contributed by atoms with E-state index in [2.05, 4.69) is 19.9 Å². The average molecular weight is 189 g/mol. The Morgan fingerprint density at radius 1 is 1.36 bits per heavy atom. The maximum absolute atomic E-state index is 5.64. The zero-order valence-corrected chi connectivity index (χ0v) is 8.58. The van der Waals surface area contributed by atoms with Crippen molar-refractivity contribution in [3.63, 3.8) is 0 Å². The lowest BCUT2D eigenvalue weighted by Crippen LogP contribution is -1.96. The molecule has 2 N–H and O–H groups in total. The molecular formula is C12H15NO. The fraction of sp³-hybridized carbons (Fsp3) is 0.333. The van der Waals surface area contributed by atoms with Crippen LogP contribution in [0.3, 0.4) is 0 Å². The van der Waals surface area contributed by atoms with Crippen LogP contribution in [-0.2, 0) is 6.54 Å². The summed E-state index contributed by atoms with van der Waals surface area (Å²) >= 11 is 0. The van der Waals surface area contributed by atoms with E-state index in [9.17, 15) is 0 Å². The summed E-state index contributed by atoms with van der Waals surface area (Å²) in [6.45, 7) is 4.86. The fourth-order valence-electron chi connectivity index (χ4n) is 1.75. The van der Waals surface area contributed by atoms with Gasteiger partial charge in [-0.2, -0.15) is 0 Å². The monoisotopic (exact) mass is 189 g/mol. The van der Waals surface area contributed by atoms with Gasteiger partial charge in [0.25, 0.3) is 0 Å². The second kappa shape index (κ2) is 3.46. The minimum Gasteiger partial charge on any atom is -0.464 e. The molecule has 0 aliphatic heterocycles. The molecule has 1 aromatic heterocycles. The number of rotatable bonds is 2. The maximum Gasteiger partial charge on any atom is 0.138 e. The molecule has 0 amide bonds. The topological polar surface area (TPSA) is 39.2 Å². The first kappa shape index (κ1) is 9.28. The Morgan fingerprint density at radius 2 is 2.14 bits per heavy atom. The van der Waals surface area contributed by atoms with Crippen molar-refractivity contribution in [2.45, 2.75) is 26.3 Å². The van der Waals surface area contributed by atoms with Gasteiger partial charge in [-0.15, -0.1) is 0 Å². The van der Waals surface area contributed by atoms with Gasteiger partial charge in [-0.3, -0.25) is 0 Å². The Hall–Kier alpha value is -1.28. The number of benzene rings is 1. The van der Waals surface area contributed by atoms with Gasteiger partial charge < -0.3 is 10.2 Å². The van der Waals surface area contributed by atoms with Gasteiger partial charge in [-0.1, -0.05) is 32.0 Å². The molecule has 14 heavy (non-hydrogen) atoms. The van der Waals surface area contributed by atoms with Gasteiger partial charge in [0.1, 0.15) is 5.58 Å². The first-order valence-corrected chi connectivity index (χ1v) is 4.93. The van der Waals surface area contributed by atoms with Gasteiger partial charge in [-0.25, -0.2) is 0 Å². The molecule has 2 heteroatoms. The van der Waals surface area contributed by atoms with Crippen molar-refractivity contribution < 1.29 is 4.42 Å². The van der Waals surface area contributed by atoms with Crippen molar-refractivity contribution >= 4 is 11.0 Å². The van der Waals surface area contributed by atoms with Crippen LogP contribution in [0, 0.1) is 0 Å². The Morgan fingerprint density at radius 3 is 2.79 bits per heavy atom. The molecule has 0 fully saturated rings. The van der Waals surface area contributed by atoms with E-state index in [-0.39, 0.29) is 0 Å². The molecule has 0 unspecified atom stereocenters. The minimum absolute atomic E-state index is 0.490. The van der Waals surface area contributed by atoms with Gasteiger partial charge >= 0.3 is 0 Å². The molecule has 0 atom stereocenters. The van der Waals surface area contributed by atoms with Crippen LogP contribution in [0.1, 0.15) is 30.9 Å². The normalized spacial score (nSPS) is 11.4. The molecule has 0 saturated heterocycles. The minimum atomic E-state index is 0.490. The van der Waals surface area contributed by atoms with Crippen molar-refractivity contribution in [3.05, 3.63) is 35.6 Å². The summed E-state index contributed by atoms with van der Waals surface area (Å²) in [7, 11) is 0. The van der Waals surface area contributed by atoms with Crippen LogP contribution in [0.2, 0.25) is 0 Å². The molecule has 0 aliphatic rings. The lowest BCUT2D eigenvalue weighted by atomic mass is 10.0. The summed E-state index contributed by atoms with van der Waals surface area (Å²) in [5, 5.41) is 1.20. The number of hydrogen-bond donors (Lipinski definition) is 1. The summed E-state index contributed by atoms with van der Waals surface area (Å²) in [5.74, 6) is 0.490. The highest BCUT2D eigenvalue weighted by Gasteiger charge is 2.10. The highest BCUT2D eigenvalue weighted by Crippen LogP contribution is 2.29. The van der Waals surface area contributed by atoms with Gasteiger partial charge in [0.05, 0.1) is 6.26 Å². The van der Waals surface area contributed by atoms with Crippen LogP contribution in [0.25, 0.3) is 11.0 Å². The first-order chi connectivity index (χ1) is 6.74. The van der Waals surface area contributed by atoms with Crippen molar-refractivity contribution in [2.24, 2.45) is 5.73 Å². The summed E-state index contributed by atoms with van der Waals surface area (Å²) < 4.78 is 5.55. The Bertz CT molecular complexity index is 443. The average Bonchev–Trinajstić information content (AvgIpc) is 2.60. The van der Waals surface area contributed by atoms with E-state index in [0.29, 0.717) is 12.5 Å². The van der Waals surface area contributed by atoms with Gasteiger partial charge in [-0.05, 0) is 5.92 Å². The SMILES string of the molecule is CC(C)c1coc2c(CN)cccc12. The Balaban J connectivity index is 2.69. The molecule has 0 aliphatic carbocycles. The van der Waals surface area contributed by atoms with Crippen LogP contribution >= 0.6 is 0 Å². The van der Waals surface area contributed by atoms with Gasteiger partial charge in [0, 0.05) is 23.1 Å². The van der Waals surface area contributed by atoms with Crippen molar-refractivity contribution in [3.8, 4) is 0 Å². The Kier molecular flexibility index (Phi) is 2.30. The van der Waals surface area contributed by atoms with Crippen LogP contribution in [0.15, 0.2) is 28.9 Å². The van der Waals surface area contributed by atoms with E-state index in [1.807, 2.05) is 18.4 Å². The molecule has 0 saturated carbocycles. The third kappa shape index (κ3) is 1.32. The van der Waals surface area contributed by atoms with E-state index >= 15 is 0 Å². The highest BCUT2D eigenvalue weighted by atomic mass is 16.3. The molecule has 2 nitrogen and oxygen atoms in total. The summed E-state index contributed by atoms with van der Waals surface area (Å²) in [4.78, 5) is 0. The summed E-state index contributed by atoms with van der Waals surface area (Å²) in [5.41, 5.74) is 8.92. The van der Waals surface area contributed by atoms with E-state index in [1.54, 1.807) is 0 Å². The van der Waals surface area contributed by atoms with Crippen LogP contribution in [0.4, 0.5) is 0 Å². The second-order valence-electron chi connectivity index (χ2n) is 3.84. The van der Waals surface area contributed by atoms with E-state index in [4.69, 9.17) is 10.2 Å². The maximum atomic E-state index is 5.64. The predicted molar refractivity (Wildman–Crippen MR) is 58.2 cm³/mol. The van der Waals surface area contributed by atoms with E-state index in [0.717, 1.165) is 11.1 Å². The summed E-state index contributed by atoms with van der Waals surface area (Å²) in [6, 6.07) is 6.13. The lowest BCUT2D eigenvalue weighted by molar-refractivity contribution is 0.602.